The summed E-state index contributed by atoms with van der Waals surface area (Å²) in [5.74, 6) is 0.766. The van der Waals surface area contributed by atoms with Crippen LogP contribution in [0.15, 0.2) is 78.9 Å². The van der Waals surface area contributed by atoms with Gasteiger partial charge in [-0.15, -0.1) is 11.3 Å². The lowest BCUT2D eigenvalue weighted by Crippen LogP contribution is -1.94. The molecule has 26 heavy (non-hydrogen) atoms. The van der Waals surface area contributed by atoms with E-state index in [2.05, 4.69) is 70.0 Å². The second-order valence-corrected chi connectivity index (χ2v) is 8.26. The third kappa shape index (κ3) is 2.79. The molecule has 0 bridgehead atoms. The van der Waals surface area contributed by atoms with Crippen LogP contribution in [-0.4, -0.2) is 9.97 Å². The summed E-state index contributed by atoms with van der Waals surface area (Å²) in [6.45, 7) is 0. The summed E-state index contributed by atoms with van der Waals surface area (Å²) < 4.78 is 3.57. The Bertz CT molecular complexity index is 1250. The molecule has 5 rings (SSSR count). The van der Waals surface area contributed by atoms with Crippen LogP contribution in [0.4, 0.5) is 0 Å². The van der Waals surface area contributed by atoms with Gasteiger partial charge in [-0.25, -0.2) is 9.97 Å². The van der Waals surface area contributed by atoms with E-state index in [1.807, 2.05) is 47.7 Å². The molecule has 0 fully saturated rings. The smallest absolute Gasteiger partial charge is 0.160 e. The zero-order valence-electron chi connectivity index (χ0n) is 13.7. The zero-order valence-corrected chi connectivity index (χ0v) is 16.7. The van der Waals surface area contributed by atoms with Gasteiger partial charge in [0.2, 0.25) is 0 Å². The van der Waals surface area contributed by atoms with Crippen LogP contribution in [0, 0.1) is 3.70 Å². The fraction of sp³-hybridized carbons (Fsp3) is 0. The van der Waals surface area contributed by atoms with Crippen LogP contribution >= 0.6 is 33.9 Å². The first-order valence-corrected chi connectivity index (χ1v) is 10.2. The molecule has 0 saturated carbocycles. The van der Waals surface area contributed by atoms with Gasteiger partial charge in [-0.2, -0.15) is 0 Å². The largest absolute Gasteiger partial charge is 0.228 e. The number of thiophene rings is 1. The van der Waals surface area contributed by atoms with E-state index in [0.29, 0.717) is 0 Å². The molecule has 124 valence electrons. The fourth-order valence-corrected chi connectivity index (χ4v) is 4.78. The van der Waals surface area contributed by atoms with Crippen molar-refractivity contribution in [2.24, 2.45) is 0 Å². The van der Waals surface area contributed by atoms with Crippen LogP contribution in [0.5, 0.6) is 0 Å². The Morgan fingerprint density at radius 1 is 0.654 bits per heavy atom. The highest BCUT2D eigenvalue weighted by Gasteiger charge is 2.10. The highest BCUT2D eigenvalue weighted by molar-refractivity contribution is 14.1. The van der Waals surface area contributed by atoms with E-state index in [4.69, 9.17) is 4.98 Å². The molecule has 2 nitrogen and oxygen atoms in total. The number of benzene rings is 3. The zero-order chi connectivity index (χ0) is 17.5. The first-order valence-electron chi connectivity index (χ1n) is 8.30. The van der Waals surface area contributed by atoms with Crippen LogP contribution in [0.25, 0.3) is 42.8 Å². The fourth-order valence-electron chi connectivity index (χ4n) is 3.17. The Morgan fingerprint density at radius 2 is 1.42 bits per heavy atom. The molecule has 0 spiro atoms. The van der Waals surface area contributed by atoms with E-state index in [-0.39, 0.29) is 0 Å². The Hall–Kier alpha value is -2.31. The summed E-state index contributed by atoms with van der Waals surface area (Å²) in [6.07, 6.45) is 0. The minimum absolute atomic E-state index is 0.766. The summed E-state index contributed by atoms with van der Waals surface area (Å²) in [7, 11) is 0. The minimum Gasteiger partial charge on any atom is -0.228 e. The van der Waals surface area contributed by atoms with Gasteiger partial charge in [0.25, 0.3) is 0 Å². The molecular weight excluding hydrogens is 451 g/mol. The van der Waals surface area contributed by atoms with E-state index in [0.717, 1.165) is 26.3 Å². The van der Waals surface area contributed by atoms with E-state index >= 15 is 0 Å². The molecule has 0 unspecified atom stereocenters. The second kappa shape index (κ2) is 6.45. The highest BCUT2D eigenvalue weighted by atomic mass is 127. The molecule has 0 aliphatic rings. The molecule has 0 saturated heterocycles. The Morgan fingerprint density at radius 3 is 2.31 bits per heavy atom. The normalized spacial score (nSPS) is 11.3. The quantitative estimate of drug-likeness (QED) is 0.213. The predicted octanol–water partition coefficient (Wildman–Crippen LogP) is 6.78. The topological polar surface area (TPSA) is 25.8 Å². The molecular formula is C22H13IN2S. The summed E-state index contributed by atoms with van der Waals surface area (Å²) in [5.41, 5.74) is 3.12. The molecule has 2 heterocycles. The van der Waals surface area contributed by atoms with E-state index < -0.39 is 0 Å². The monoisotopic (exact) mass is 464 g/mol. The second-order valence-electron chi connectivity index (χ2n) is 6.07. The predicted molar refractivity (Wildman–Crippen MR) is 119 cm³/mol. The van der Waals surface area contributed by atoms with Crippen LogP contribution < -0.4 is 0 Å². The molecule has 3 aromatic carbocycles. The van der Waals surface area contributed by atoms with Crippen molar-refractivity contribution in [3.8, 4) is 22.6 Å². The van der Waals surface area contributed by atoms with Crippen molar-refractivity contribution in [2.75, 3.05) is 0 Å². The van der Waals surface area contributed by atoms with Gasteiger partial charge in [0.1, 0.15) is 3.70 Å². The Kier molecular flexibility index (Phi) is 3.94. The van der Waals surface area contributed by atoms with E-state index in [9.17, 15) is 0 Å². The van der Waals surface area contributed by atoms with Crippen molar-refractivity contribution >= 4 is 54.1 Å². The van der Waals surface area contributed by atoms with Gasteiger partial charge >= 0.3 is 0 Å². The summed E-state index contributed by atoms with van der Waals surface area (Å²) in [4.78, 5) is 9.44. The molecule has 2 aromatic heterocycles. The van der Waals surface area contributed by atoms with Crippen molar-refractivity contribution in [1.82, 2.24) is 9.97 Å². The lowest BCUT2D eigenvalue weighted by atomic mass is 10.1. The molecule has 0 N–H and O–H groups in total. The van der Waals surface area contributed by atoms with Crippen LogP contribution in [0.3, 0.4) is 0 Å². The van der Waals surface area contributed by atoms with Crippen molar-refractivity contribution in [1.29, 1.82) is 0 Å². The number of aromatic nitrogens is 2. The third-order valence-electron chi connectivity index (χ3n) is 4.40. The average Bonchev–Trinajstić information content (AvgIpc) is 3.06. The first kappa shape index (κ1) is 15.9. The van der Waals surface area contributed by atoms with E-state index in [1.165, 1.54) is 20.2 Å². The number of rotatable bonds is 2. The number of hydrogen-bond donors (Lipinski definition) is 0. The molecule has 0 amide bonds. The maximum Gasteiger partial charge on any atom is 0.160 e. The van der Waals surface area contributed by atoms with Gasteiger partial charge in [0.05, 0.1) is 5.69 Å². The summed E-state index contributed by atoms with van der Waals surface area (Å²) >= 11 is 4.10. The molecule has 4 heteroatoms. The van der Waals surface area contributed by atoms with Gasteiger partial charge in [-0.1, -0.05) is 54.6 Å². The molecule has 5 aromatic rings. The maximum absolute atomic E-state index is 4.83. The van der Waals surface area contributed by atoms with Gasteiger partial charge in [0, 0.05) is 31.3 Å². The Balaban J connectivity index is 1.70. The van der Waals surface area contributed by atoms with Crippen LogP contribution in [0.2, 0.25) is 0 Å². The molecule has 0 aliphatic carbocycles. The van der Waals surface area contributed by atoms with Crippen molar-refractivity contribution in [3.63, 3.8) is 0 Å². The van der Waals surface area contributed by atoms with Gasteiger partial charge in [-0.05, 0) is 46.9 Å². The number of nitrogens with zero attached hydrogens (tertiary/aromatic N) is 2. The van der Waals surface area contributed by atoms with Crippen molar-refractivity contribution < 1.29 is 0 Å². The third-order valence-corrected chi connectivity index (χ3v) is 6.10. The van der Waals surface area contributed by atoms with Gasteiger partial charge in [0.15, 0.2) is 5.82 Å². The lowest BCUT2D eigenvalue weighted by Gasteiger charge is -2.06. The summed E-state index contributed by atoms with van der Waals surface area (Å²) in [6, 6.07) is 27.4. The van der Waals surface area contributed by atoms with Crippen LogP contribution in [0.1, 0.15) is 0 Å². The molecule has 0 aliphatic heterocycles. The lowest BCUT2D eigenvalue weighted by molar-refractivity contribution is 1.15. The maximum atomic E-state index is 4.83. The van der Waals surface area contributed by atoms with E-state index in [1.54, 1.807) is 0 Å². The average molecular weight is 464 g/mol. The SMILES string of the molecule is Ic1cc(-c2ccc3sc4ccccc4c3c2)nc(-c2ccccc2)n1. The number of halogens is 1. The van der Waals surface area contributed by atoms with Gasteiger partial charge in [-0.3, -0.25) is 0 Å². The van der Waals surface area contributed by atoms with Gasteiger partial charge < -0.3 is 0 Å². The number of hydrogen-bond acceptors (Lipinski definition) is 3. The highest BCUT2D eigenvalue weighted by Crippen LogP contribution is 2.36. The standard InChI is InChI=1S/C22H13IN2S/c23-21-13-18(24-22(25-21)14-6-2-1-3-7-14)15-10-11-20-17(12-15)16-8-4-5-9-19(16)26-20/h1-13H. The molecule has 0 radical (unpaired) electrons. The van der Waals surface area contributed by atoms with Crippen molar-refractivity contribution in [2.45, 2.75) is 0 Å². The minimum atomic E-state index is 0.766. The first-order chi connectivity index (χ1) is 12.8. The summed E-state index contributed by atoms with van der Waals surface area (Å²) in [5, 5.41) is 2.60. The molecule has 0 atom stereocenters. The Labute approximate surface area is 168 Å². The van der Waals surface area contributed by atoms with Crippen molar-refractivity contribution in [3.05, 3.63) is 82.6 Å². The van der Waals surface area contributed by atoms with Crippen LogP contribution in [-0.2, 0) is 0 Å². The number of fused-ring (bicyclic) bond motifs is 3.